The molecular weight excluding hydrogens is 275 g/mol. The Balaban J connectivity index is 2.16. The minimum atomic E-state index is -1.12. The predicted octanol–water partition coefficient (Wildman–Crippen LogP) is 0.292. The van der Waals surface area contributed by atoms with Crippen molar-refractivity contribution in [3.05, 3.63) is 30.3 Å². The highest BCUT2D eigenvalue weighted by molar-refractivity contribution is 6.62. The maximum Gasteiger partial charge on any atom is 0.495 e. The molecule has 1 aromatic rings. The van der Waals surface area contributed by atoms with E-state index < -0.39 is 31.3 Å². The fraction of sp³-hybridized carbons (Fsp3) is 0.429. The Hall–Kier alpha value is -1.86. The number of benzene rings is 1. The topological polar surface area (TPSA) is 71.1 Å². The van der Waals surface area contributed by atoms with Crippen LogP contribution in [0.2, 0.25) is 0 Å². The van der Waals surface area contributed by atoms with E-state index in [4.69, 9.17) is 18.8 Å². The van der Waals surface area contributed by atoms with Gasteiger partial charge < -0.3 is 18.8 Å². The summed E-state index contributed by atoms with van der Waals surface area (Å²) in [5, 5.41) is 0. The van der Waals surface area contributed by atoms with Gasteiger partial charge in [0, 0.05) is 0 Å². The third kappa shape index (κ3) is 3.62. The van der Waals surface area contributed by atoms with E-state index in [0.717, 1.165) is 5.46 Å². The number of rotatable bonds is 5. The van der Waals surface area contributed by atoms with Crippen molar-refractivity contribution in [2.45, 2.75) is 26.1 Å². The highest BCUT2D eigenvalue weighted by Gasteiger charge is 2.49. The first-order chi connectivity index (χ1) is 10.2. The number of carbonyl (C=O) groups excluding carboxylic acids is 2. The molecule has 6 nitrogen and oxygen atoms in total. The zero-order valence-corrected chi connectivity index (χ0v) is 12.0. The minimum absolute atomic E-state index is 0.199. The minimum Gasteiger partial charge on any atom is -0.464 e. The molecule has 0 amide bonds. The van der Waals surface area contributed by atoms with Gasteiger partial charge in [-0.3, -0.25) is 0 Å². The molecule has 1 aromatic carbocycles. The summed E-state index contributed by atoms with van der Waals surface area (Å²) in [5.74, 6) is -1.26. The van der Waals surface area contributed by atoms with Gasteiger partial charge in [-0.05, 0) is 19.3 Å². The molecule has 0 radical (unpaired) electrons. The van der Waals surface area contributed by atoms with Gasteiger partial charge in [0.15, 0.2) is 12.2 Å². The lowest BCUT2D eigenvalue weighted by Gasteiger charge is -2.15. The Morgan fingerprint density at radius 3 is 1.90 bits per heavy atom. The lowest BCUT2D eigenvalue weighted by Crippen LogP contribution is -2.39. The Labute approximate surface area is 123 Å². The highest BCUT2D eigenvalue weighted by Crippen LogP contribution is 2.19. The van der Waals surface area contributed by atoms with E-state index in [0.29, 0.717) is 0 Å². The van der Waals surface area contributed by atoms with Crippen molar-refractivity contribution < 1.29 is 28.4 Å². The molecule has 1 aliphatic heterocycles. The molecule has 2 atom stereocenters. The number of esters is 2. The van der Waals surface area contributed by atoms with Gasteiger partial charge in [0.2, 0.25) is 0 Å². The maximum absolute atomic E-state index is 11.9. The van der Waals surface area contributed by atoms with Crippen LogP contribution in [0.25, 0.3) is 0 Å². The third-order valence-electron chi connectivity index (χ3n) is 2.92. The van der Waals surface area contributed by atoms with Crippen molar-refractivity contribution in [1.82, 2.24) is 0 Å². The van der Waals surface area contributed by atoms with E-state index in [1.807, 2.05) is 18.2 Å². The normalized spacial score (nSPS) is 21.1. The molecule has 0 N–H and O–H groups in total. The monoisotopic (exact) mass is 292 g/mol. The van der Waals surface area contributed by atoms with E-state index in [1.165, 1.54) is 0 Å². The smallest absolute Gasteiger partial charge is 0.464 e. The summed E-state index contributed by atoms with van der Waals surface area (Å²) in [6.07, 6.45) is -2.23. The van der Waals surface area contributed by atoms with Crippen molar-refractivity contribution in [1.29, 1.82) is 0 Å². The first-order valence-corrected chi connectivity index (χ1v) is 6.86. The Kier molecular flexibility index (Phi) is 5.35. The zero-order valence-electron chi connectivity index (χ0n) is 12.0. The van der Waals surface area contributed by atoms with Crippen LogP contribution in [0.4, 0.5) is 0 Å². The van der Waals surface area contributed by atoms with Gasteiger partial charge in [-0.15, -0.1) is 0 Å². The first kappa shape index (κ1) is 15.5. The zero-order chi connectivity index (χ0) is 15.2. The van der Waals surface area contributed by atoms with Crippen LogP contribution in [0.5, 0.6) is 0 Å². The molecule has 0 unspecified atom stereocenters. The number of hydrogen-bond donors (Lipinski definition) is 0. The van der Waals surface area contributed by atoms with E-state index in [2.05, 4.69) is 0 Å². The Bertz CT molecular complexity index is 465. The van der Waals surface area contributed by atoms with Crippen LogP contribution in [0.3, 0.4) is 0 Å². The van der Waals surface area contributed by atoms with Gasteiger partial charge in [-0.2, -0.15) is 0 Å². The molecule has 112 valence electrons. The first-order valence-electron chi connectivity index (χ1n) is 6.86. The largest absolute Gasteiger partial charge is 0.495 e. The maximum atomic E-state index is 11.9. The Morgan fingerprint density at radius 1 is 1.00 bits per heavy atom. The SMILES string of the molecule is CCOC(=O)[C@@H]1OB(c2ccccc2)O[C@H]1C(=O)OCC. The van der Waals surface area contributed by atoms with Crippen molar-refractivity contribution >= 4 is 24.5 Å². The van der Waals surface area contributed by atoms with E-state index in [9.17, 15) is 9.59 Å². The van der Waals surface area contributed by atoms with Crippen LogP contribution in [-0.4, -0.2) is 44.5 Å². The molecular formula is C14H17BO6. The molecule has 0 aliphatic carbocycles. The van der Waals surface area contributed by atoms with Crippen LogP contribution < -0.4 is 5.46 Å². The molecule has 1 fully saturated rings. The molecule has 0 spiro atoms. The second-order valence-corrected chi connectivity index (χ2v) is 4.36. The van der Waals surface area contributed by atoms with Gasteiger partial charge >= 0.3 is 19.1 Å². The van der Waals surface area contributed by atoms with Gasteiger partial charge in [-0.1, -0.05) is 30.3 Å². The second kappa shape index (κ2) is 7.24. The quantitative estimate of drug-likeness (QED) is 0.574. The fourth-order valence-corrected chi connectivity index (χ4v) is 2.02. The molecule has 2 rings (SSSR count). The average molecular weight is 292 g/mol. The van der Waals surface area contributed by atoms with Crippen LogP contribution in [0.15, 0.2) is 30.3 Å². The molecule has 21 heavy (non-hydrogen) atoms. The van der Waals surface area contributed by atoms with Crippen molar-refractivity contribution in [2.24, 2.45) is 0 Å². The van der Waals surface area contributed by atoms with Gasteiger partial charge in [0.05, 0.1) is 13.2 Å². The highest BCUT2D eigenvalue weighted by atomic mass is 16.7. The van der Waals surface area contributed by atoms with Gasteiger partial charge in [0.25, 0.3) is 0 Å². The van der Waals surface area contributed by atoms with Crippen LogP contribution in [0.1, 0.15) is 13.8 Å². The Morgan fingerprint density at radius 2 is 1.48 bits per heavy atom. The number of ether oxygens (including phenoxy) is 2. The summed E-state index contributed by atoms with van der Waals surface area (Å²) in [7, 11) is -0.796. The molecule has 1 aliphatic rings. The second-order valence-electron chi connectivity index (χ2n) is 4.36. The van der Waals surface area contributed by atoms with Crippen LogP contribution in [0, 0.1) is 0 Å². The predicted molar refractivity (Wildman–Crippen MR) is 74.8 cm³/mol. The van der Waals surface area contributed by atoms with E-state index >= 15 is 0 Å². The lowest BCUT2D eigenvalue weighted by atomic mass is 9.79. The van der Waals surface area contributed by atoms with Crippen LogP contribution >= 0.6 is 0 Å². The number of carbonyl (C=O) groups is 2. The summed E-state index contributed by atoms with van der Waals surface area (Å²) in [6, 6.07) is 9.07. The lowest BCUT2D eigenvalue weighted by molar-refractivity contribution is -0.163. The van der Waals surface area contributed by atoms with Crippen molar-refractivity contribution in [3.63, 3.8) is 0 Å². The van der Waals surface area contributed by atoms with E-state index in [-0.39, 0.29) is 13.2 Å². The van der Waals surface area contributed by atoms with Gasteiger partial charge in [-0.25, -0.2) is 9.59 Å². The molecule has 0 bridgehead atoms. The summed E-state index contributed by atoms with van der Waals surface area (Å²) in [5.41, 5.74) is 0.721. The summed E-state index contributed by atoms with van der Waals surface area (Å²) in [4.78, 5) is 23.8. The molecule has 7 heteroatoms. The van der Waals surface area contributed by atoms with Crippen LogP contribution in [-0.2, 0) is 28.4 Å². The van der Waals surface area contributed by atoms with Crippen molar-refractivity contribution in [2.75, 3.05) is 13.2 Å². The average Bonchev–Trinajstić information content (AvgIpc) is 2.94. The third-order valence-corrected chi connectivity index (χ3v) is 2.92. The number of hydrogen-bond acceptors (Lipinski definition) is 6. The summed E-state index contributed by atoms with van der Waals surface area (Å²) >= 11 is 0. The molecule has 0 saturated carbocycles. The van der Waals surface area contributed by atoms with Gasteiger partial charge in [0.1, 0.15) is 0 Å². The molecule has 1 saturated heterocycles. The molecule has 0 aromatic heterocycles. The van der Waals surface area contributed by atoms with E-state index in [1.54, 1.807) is 26.0 Å². The molecule has 1 heterocycles. The fourth-order valence-electron chi connectivity index (χ4n) is 2.02. The standard InChI is InChI=1S/C14H17BO6/c1-3-18-13(16)11-12(14(17)19-4-2)21-15(20-11)10-8-6-5-7-9-10/h5-9,11-12H,3-4H2,1-2H3/t11-,12-/m1/s1. The summed E-state index contributed by atoms with van der Waals surface area (Å²) in [6.45, 7) is 3.76. The van der Waals surface area contributed by atoms with Crippen molar-refractivity contribution in [3.8, 4) is 0 Å². The summed E-state index contributed by atoms with van der Waals surface area (Å²) < 4.78 is 20.9.